The second kappa shape index (κ2) is 8.04. The van der Waals surface area contributed by atoms with Gasteiger partial charge in [-0.05, 0) is 29.2 Å². The summed E-state index contributed by atoms with van der Waals surface area (Å²) in [5.74, 6) is -1.99. The van der Waals surface area contributed by atoms with Crippen molar-refractivity contribution in [3.63, 3.8) is 0 Å². The second-order valence-electron chi connectivity index (χ2n) is 6.87. The van der Waals surface area contributed by atoms with Gasteiger partial charge in [0, 0.05) is 5.56 Å². The summed E-state index contributed by atoms with van der Waals surface area (Å²) in [5.41, 5.74) is 2.16. The molecule has 0 radical (unpaired) electrons. The number of hydrazone groups is 1. The molecule has 0 N–H and O–H groups in total. The Morgan fingerprint density at radius 3 is 2.32 bits per heavy atom. The van der Waals surface area contributed by atoms with Gasteiger partial charge in [-0.15, -0.1) is 5.10 Å². The first-order valence-electron chi connectivity index (χ1n) is 8.98. The highest BCUT2D eigenvalue weighted by molar-refractivity contribution is 5.97. The highest BCUT2D eigenvalue weighted by Gasteiger charge is 2.39. The average molecular weight is 390 g/mol. The Labute approximate surface area is 161 Å². The van der Waals surface area contributed by atoms with Crippen LogP contribution in [0.4, 0.5) is 13.2 Å². The van der Waals surface area contributed by atoms with Crippen LogP contribution in [-0.4, -0.2) is 29.6 Å². The standard InChI is InChI=1S/C21H21F3N2O2/c1-14(15(2)21(22,23)24)17-10-8-16(9-11-17)12-26-19(27)13-28-20(25-26)18-6-4-3-5-7-18/h3-11,14-15H,12-13H2,1-2H3. The van der Waals surface area contributed by atoms with E-state index in [0.717, 1.165) is 11.1 Å². The lowest BCUT2D eigenvalue weighted by Gasteiger charge is -2.25. The van der Waals surface area contributed by atoms with Crippen LogP contribution >= 0.6 is 0 Å². The van der Waals surface area contributed by atoms with Gasteiger partial charge in [0.2, 0.25) is 5.90 Å². The summed E-state index contributed by atoms with van der Waals surface area (Å²) >= 11 is 0. The van der Waals surface area contributed by atoms with E-state index in [1.54, 1.807) is 31.2 Å². The Balaban J connectivity index is 1.73. The summed E-state index contributed by atoms with van der Waals surface area (Å²) in [6.07, 6.45) is -4.24. The zero-order chi connectivity index (χ0) is 20.3. The molecule has 28 heavy (non-hydrogen) atoms. The number of carbonyl (C=O) groups excluding carboxylic acids is 1. The average Bonchev–Trinajstić information content (AvgIpc) is 2.69. The van der Waals surface area contributed by atoms with Crippen molar-refractivity contribution in [1.82, 2.24) is 5.01 Å². The van der Waals surface area contributed by atoms with Gasteiger partial charge in [0.25, 0.3) is 5.91 Å². The molecule has 0 spiro atoms. The topological polar surface area (TPSA) is 41.9 Å². The molecule has 0 fully saturated rings. The fourth-order valence-corrected chi connectivity index (χ4v) is 2.92. The number of benzene rings is 2. The van der Waals surface area contributed by atoms with E-state index in [-0.39, 0.29) is 19.1 Å². The van der Waals surface area contributed by atoms with E-state index in [1.807, 2.05) is 30.3 Å². The Hall–Kier alpha value is -2.83. The lowest BCUT2D eigenvalue weighted by molar-refractivity contribution is -0.174. The third-order valence-corrected chi connectivity index (χ3v) is 4.96. The normalized spacial score (nSPS) is 17.0. The number of ether oxygens (including phenoxy) is 1. The van der Waals surface area contributed by atoms with Crippen LogP contribution in [0.3, 0.4) is 0 Å². The van der Waals surface area contributed by atoms with Crippen molar-refractivity contribution in [2.75, 3.05) is 6.61 Å². The number of carbonyl (C=O) groups is 1. The van der Waals surface area contributed by atoms with Crippen LogP contribution in [0.15, 0.2) is 59.7 Å². The molecular formula is C21H21F3N2O2. The van der Waals surface area contributed by atoms with Crippen molar-refractivity contribution in [3.05, 3.63) is 71.3 Å². The summed E-state index contributed by atoms with van der Waals surface area (Å²) < 4.78 is 44.2. The van der Waals surface area contributed by atoms with Crippen molar-refractivity contribution in [2.45, 2.75) is 32.5 Å². The summed E-state index contributed by atoms with van der Waals surface area (Å²) in [6.45, 7) is 2.87. The van der Waals surface area contributed by atoms with E-state index in [9.17, 15) is 18.0 Å². The highest BCUT2D eigenvalue weighted by atomic mass is 19.4. The molecule has 0 aromatic heterocycles. The van der Waals surface area contributed by atoms with Crippen molar-refractivity contribution in [3.8, 4) is 0 Å². The Kier molecular flexibility index (Phi) is 5.72. The van der Waals surface area contributed by atoms with Gasteiger partial charge in [-0.25, -0.2) is 5.01 Å². The number of alkyl halides is 3. The Bertz CT molecular complexity index is 848. The smallest absolute Gasteiger partial charge is 0.392 e. The number of halogens is 3. The summed E-state index contributed by atoms with van der Waals surface area (Å²) in [4.78, 5) is 12.1. The van der Waals surface area contributed by atoms with Crippen LogP contribution in [0, 0.1) is 5.92 Å². The van der Waals surface area contributed by atoms with Crippen LogP contribution in [0.5, 0.6) is 0 Å². The SMILES string of the molecule is CC(c1ccc(CN2N=C(c3ccccc3)OCC2=O)cc1)C(C)C(F)(F)F. The van der Waals surface area contributed by atoms with Gasteiger partial charge in [-0.1, -0.05) is 56.3 Å². The van der Waals surface area contributed by atoms with Crippen LogP contribution in [0.1, 0.15) is 36.5 Å². The van der Waals surface area contributed by atoms with E-state index in [4.69, 9.17) is 4.74 Å². The van der Waals surface area contributed by atoms with Crippen molar-refractivity contribution >= 4 is 11.8 Å². The van der Waals surface area contributed by atoms with E-state index >= 15 is 0 Å². The number of amides is 1. The molecule has 2 unspecified atom stereocenters. The van der Waals surface area contributed by atoms with Gasteiger partial charge in [0.1, 0.15) is 0 Å². The van der Waals surface area contributed by atoms with Gasteiger partial charge in [0.15, 0.2) is 6.61 Å². The minimum Gasteiger partial charge on any atom is -0.466 e. The maximum absolute atomic E-state index is 12.9. The quantitative estimate of drug-likeness (QED) is 0.742. The van der Waals surface area contributed by atoms with Gasteiger partial charge in [-0.3, -0.25) is 4.79 Å². The molecule has 7 heteroatoms. The highest BCUT2D eigenvalue weighted by Crippen LogP contribution is 2.37. The molecule has 0 saturated carbocycles. The largest absolute Gasteiger partial charge is 0.466 e. The number of rotatable bonds is 5. The van der Waals surface area contributed by atoms with Crippen molar-refractivity contribution < 1.29 is 22.7 Å². The Morgan fingerprint density at radius 1 is 1.07 bits per heavy atom. The van der Waals surface area contributed by atoms with E-state index in [1.165, 1.54) is 11.9 Å². The molecule has 1 heterocycles. The minimum absolute atomic E-state index is 0.105. The third-order valence-electron chi connectivity index (χ3n) is 4.96. The molecule has 1 amide bonds. The van der Waals surface area contributed by atoms with Crippen molar-refractivity contribution in [2.24, 2.45) is 11.0 Å². The molecular weight excluding hydrogens is 369 g/mol. The molecule has 0 saturated heterocycles. The third kappa shape index (κ3) is 4.52. The van der Waals surface area contributed by atoms with Crippen molar-refractivity contribution in [1.29, 1.82) is 0 Å². The zero-order valence-corrected chi connectivity index (χ0v) is 15.6. The molecule has 1 aliphatic rings. The summed E-state index contributed by atoms with van der Waals surface area (Å²) in [5, 5.41) is 5.60. The van der Waals surface area contributed by atoms with E-state index in [0.29, 0.717) is 11.5 Å². The first-order valence-corrected chi connectivity index (χ1v) is 8.98. The summed E-state index contributed by atoms with van der Waals surface area (Å²) in [6, 6.07) is 16.1. The van der Waals surface area contributed by atoms with Gasteiger partial charge in [0.05, 0.1) is 12.5 Å². The molecule has 1 aliphatic heterocycles. The molecule has 148 valence electrons. The molecule has 2 atom stereocenters. The summed E-state index contributed by atoms with van der Waals surface area (Å²) in [7, 11) is 0. The number of nitrogens with zero attached hydrogens (tertiary/aromatic N) is 2. The lowest BCUT2D eigenvalue weighted by atomic mass is 9.88. The van der Waals surface area contributed by atoms with Crippen LogP contribution in [0.2, 0.25) is 0 Å². The van der Waals surface area contributed by atoms with Crippen LogP contribution in [0.25, 0.3) is 0 Å². The predicted molar refractivity (Wildman–Crippen MR) is 99.6 cm³/mol. The maximum atomic E-state index is 12.9. The molecule has 0 aliphatic carbocycles. The monoisotopic (exact) mass is 390 g/mol. The van der Waals surface area contributed by atoms with Gasteiger partial charge in [-0.2, -0.15) is 13.2 Å². The molecule has 3 rings (SSSR count). The lowest BCUT2D eigenvalue weighted by Crippen LogP contribution is -2.36. The molecule has 2 aromatic carbocycles. The predicted octanol–water partition coefficient (Wildman–Crippen LogP) is 4.71. The first-order chi connectivity index (χ1) is 13.3. The van der Waals surface area contributed by atoms with E-state index < -0.39 is 18.0 Å². The first kappa shape index (κ1) is 19.9. The Morgan fingerprint density at radius 2 is 1.71 bits per heavy atom. The molecule has 2 aromatic rings. The number of hydrogen-bond acceptors (Lipinski definition) is 3. The zero-order valence-electron chi connectivity index (χ0n) is 15.6. The minimum atomic E-state index is -4.24. The number of hydrogen-bond donors (Lipinski definition) is 0. The fraction of sp³-hybridized carbons (Fsp3) is 0.333. The molecule has 0 bridgehead atoms. The van der Waals surface area contributed by atoms with Crippen LogP contribution in [-0.2, 0) is 16.1 Å². The molecule has 4 nitrogen and oxygen atoms in total. The van der Waals surface area contributed by atoms with E-state index in [2.05, 4.69) is 5.10 Å². The van der Waals surface area contributed by atoms with Gasteiger partial charge < -0.3 is 4.74 Å². The van der Waals surface area contributed by atoms with Crippen LogP contribution < -0.4 is 0 Å². The second-order valence-corrected chi connectivity index (χ2v) is 6.87. The van der Waals surface area contributed by atoms with Gasteiger partial charge >= 0.3 is 6.18 Å². The fourth-order valence-electron chi connectivity index (χ4n) is 2.92. The maximum Gasteiger partial charge on any atom is 0.392 e.